The van der Waals surface area contributed by atoms with Crippen molar-refractivity contribution in [1.82, 2.24) is 0 Å². The van der Waals surface area contributed by atoms with Crippen molar-refractivity contribution < 1.29 is 0 Å². The maximum absolute atomic E-state index is 6.41. The van der Waals surface area contributed by atoms with E-state index in [1.165, 1.54) is 10.7 Å². The Morgan fingerprint density at radius 2 is 1.59 bits per heavy atom. The molecule has 0 aliphatic carbocycles. The number of rotatable bonds is 5. The van der Waals surface area contributed by atoms with Crippen molar-refractivity contribution in [1.29, 1.82) is 0 Å². The second-order valence-electron chi connectivity index (χ2n) is 7.70. The third-order valence-corrected chi connectivity index (χ3v) is 4.95. The van der Waals surface area contributed by atoms with Gasteiger partial charge in [-0.05, 0) is 41.3 Å². The number of amidine groups is 1. The van der Waals surface area contributed by atoms with E-state index in [1.54, 1.807) is 18.2 Å². The summed E-state index contributed by atoms with van der Waals surface area (Å²) < 4.78 is 0. The lowest BCUT2D eigenvalue weighted by molar-refractivity contribution is 0.590. The molecule has 4 nitrogen and oxygen atoms in total. The fourth-order valence-electron chi connectivity index (χ4n) is 2.73. The summed E-state index contributed by atoms with van der Waals surface area (Å²) in [5.41, 5.74) is 13.1. The molecule has 0 atom stereocenters. The quantitative estimate of drug-likeness (QED) is 0.280. The highest BCUT2D eigenvalue weighted by Crippen LogP contribution is 2.30. The molecule has 3 aromatic carbocycles. The molecule has 0 saturated heterocycles. The zero-order valence-corrected chi connectivity index (χ0v) is 18.2. The molecule has 0 saturated carbocycles. The first-order valence-corrected chi connectivity index (χ1v) is 10.0. The number of para-hydroxylation sites is 1. The summed E-state index contributed by atoms with van der Waals surface area (Å²) >= 11 is 12.6. The van der Waals surface area contributed by atoms with Crippen LogP contribution in [0.3, 0.4) is 0 Å². The summed E-state index contributed by atoms with van der Waals surface area (Å²) in [6, 6.07) is 22.9. The SMILES string of the molecule is CC(C)(C)c1ccc(/C(N)=N/N(Nc2ccccc2)c2cc(Cl)ccc2Cl)cc1. The molecule has 29 heavy (non-hydrogen) atoms. The Balaban J connectivity index is 1.98. The number of halogens is 2. The van der Waals surface area contributed by atoms with E-state index in [2.05, 4.69) is 43.4 Å². The van der Waals surface area contributed by atoms with Gasteiger partial charge >= 0.3 is 0 Å². The minimum Gasteiger partial charge on any atom is -0.382 e. The minimum atomic E-state index is 0.0691. The fraction of sp³-hybridized carbons (Fsp3) is 0.174. The van der Waals surface area contributed by atoms with Gasteiger partial charge in [0.1, 0.15) is 5.69 Å². The number of nitrogens with two attached hydrogens (primary N) is 1. The average molecular weight is 427 g/mol. The zero-order valence-electron chi connectivity index (χ0n) is 16.7. The van der Waals surface area contributed by atoms with E-state index in [0.717, 1.165) is 11.3 Å². The van der Waals surface area contributed by atoms with Crippen molar-refractivity contribution in [2.75, 3.05) is 10.5 Å². The number of hydrogen-bond donors (Lipinski definition) is 2. The molecule has 0 unspecified atom stereocenters. The van der Waals surface area contributed by atoms with Crippen LogP contribution in [0.4, 0.5) is 11.4 Å². The van der Waals surface area contributed by atoms with E-state index in [-0.39, 0.29) is 5.41 Å². The van der Waals surface area contributed by atoms with Gasteiger partial charge in [-0.1, -0.05) is 86.4 Å². The maximum Gasteiger partial charge on any atom is 0.153 e. The summed E-state index contributed by atoms with van der Waals surface area (Å²) in [5, 5.41) is 7.16. The Morgan fingerprint density at radius 3 is 2.21 bits per heavy atom. The van der Waals surface area contributed by atoms with Crippen LogP contribution in [0.1, 0.15) is 31.9 Å². The monoisotopic (exact) mass is 426 g/mol. The highest BCUT2D eigenvalue weighted by molar-refractivity contribution is 6.35. The molecule has 0 bridgehead atoms. The van der Waals surface area contributed by atoms with Crippen molar-refractivity contribution in [2.45, 2.75) is 26.2 Å². The Hall–Kier alpha value is -2.69. The van der Waals surface area contributed by atoms with Crippen molar-refractivity contribution >= 4 is 40.4 Å². The Labute approximate surface area is 181 Å². The molecule has 0 fully saturated rings. The molecular weight excluding hydrogens is 403 g/mol. The lowest BCUT2D eigenvalue weighted by atomic mass is 9.87. The summed E-state index contributed by atoms with van der Waals surface area (Å²) in [5.74, 6) is 0.352. The highest BCUT2D eigenvalue weighted by Gasteiger charge is 2.15. The van der Waals surface area contributed by atoms with Crippen LogP contribution in [0.25, 0.3) is 0 Å². The minimum absolute atomic E-state index is 0.0691. The van der Waals surface area contributed by atoms with E-state index in [1.807, 2.05) is 42.5 Å². The summed E-state index contributed by atoms with van der Waals surface area (Å²) in [6.07, 6.45) is 0. The molecular formula is C23H24Cl2N4. The molecule has 0 aliphatic rings. The molecule has 0 aliphatic heterocycles. The van der Waals surface area contributed by atoms with Gasteiger partial charge in [0.25, 0.3) is 0 Å². The first kappa shape index (κ1) is 21.0. The third kappa shape index (κ3) is 5.43. The van der Waals surface area contributed by atoms with E-state index < -0.39 is 0 Å². The van der Waals surface area contributed by atoms with Crippen molar-refractivity contribution in [3.63, 3.8) is 0 Å². The van der Waals surface area contributed by atoms with Crippen LogP contribution in [0, 0.1) is 0 Å². The van der Waals surface area contributed by atoms with Gasteiger partial charge in [-0.15, -0.1) is 5.10 Å². The van der Waals surface area contributed by atoms with Crippen LogP contribution < -0.4 is 16.3 Å². The van der Waals surface area contributed by atoms with Gasteiger partial charge in [0.2, 0.25) is 0 Å². The van der Waals surface area contributed by atoms with Crippen LogP contribution in [-0.2, 0) is 5.41 Å². The smallest absolute Gasteiger partial charge is 0.153 e. The molecule has 3 N–H and O–H groups in total. The van der Waals surface area contributed by atoms with Crippen LogP contribution in [0.15, 0.2) is 77.9 Å². The van der Waals surface area contributed by atoms with Crippen LogP contribution >= 0.6 is 23.2 Å². The lowest BCUT2D eigenvalue weighted by Crippen LogP contribution is -2.29. The zero-order chi connectivity index (χ0) is 21.0. The van der Waals surface area contributed by atoms with Gasteiger partial charge in [0.15, 0.2) is 5.84 Å². The summed E-state index contributed by atoms with van der Waals surface area (Å²) in [4.78, 5) is 0. The fourth-order valence-corrected chi connectivity index (χ4v) is 3.09. The molecule has 3 rings (SSSR count). The number of hydrogen-bond acceptors (Lipinski definition) is 3. The first-order valence-electron chi connectivity index (χ1n) is 9.26. The van der Waals surface area contributed by atoms with Gasteiger partial charge in [-0.3, -0.25) is 5.43 Å². The maximum atomic E-state index is 6.41. The second-order valence-corrected chi connectivity index (χ2v) is 8.54. The molecule has 0 heterocycles. The third-order valence-electron chi connectivity index (χ3n) is 4.40. The van der Waals surface area contributed by atoms with Gasteiger partial charge < -0.3 is 5.73 Å². The molecule has 3 aromatic rings. The molecule has 6 heteroatoms. The van der Waals surface area contributed by atoms with Crippen molar-refractivity contribution in [2.24, 2.45) is 10.8 Å². The molecule has 0 spiro atoms. The predicted molar refractivity (Wildman–Crippen MR) is 125 cm³/mol. The first-order chi connectivity index (χ1) is 13.7. The molecule has 0 radical (unpaired) electrons. The molecule has 0 amide bonds. The Bertz CT molecular complexity index is 994. The highest BCUT2D eigenvalue weighted by atomic mass is 35.5. The number of benzene rings is 3. The van der Waals surface area contributed by atoms with E-state index >= 15 is 0 Å². The number of anilines is 2. The summed E-state index contributed by atoms with van der Waals surface area (Å²) in [6.45, 7) is 6.52. The Kier molecular flexibility index (Phi) is 6.36. The Morgan fingerprint density at radius 1 is 0.931 bits per heavy atom. The number of hydrazine groups is 1. The summed E-state index contributed by atoms with van der Waals surface area (Å²) in [7, 11) is 0. The normalized spacial score (nSPS) is 12.0. The van der Waals surface area contributed by atoms with Crippen LogP contribution in [0.5, 0.6) is 0 Å². The predicted octanol–water partition coefficient (Wildman–Crippen LogP) is 6.44. The topological polar surface area (TPSA) is 53.6 Å². The number of nitrogens with zero attached hydrogens (tertiary/aromatic N) is 2. The van der Waals surface area contributed by atoms with E-state index in [0.29, 0.717) is 21.6 Å². The van der Waals surface area contributed by atoms with E-state index in [9.17, 15) is 0 Å². The van der Waals surface area contributed by atoms with Crippen molar-refractivity contribution in [3.8, 4) is 0 Å². The lowest BCUT2D eigenvalue weighted by Gasteiger charge is -2.23. The van der Waals surface area contributed by atoms with Crippen molar-refractivity contribution in [3.05, 3.63) is 94.0 Å². The number of hydrazone groups is 1. The van der Waals surface area contributed by atoms with Gasteiger partial charge in [-0.25, -0.2) is 0 Å². The van der Waals surface area contributed by atoms with Gasteiger partial charge in [-0.2, -0.15) is 5.12 Å². The van der Waals surface area contributed by atoms with Crippen LogP contribution in [-0.4, -0.2) is 5.84 Å². The second kappa shape index (κ2) is 8.76. The van der Waals surface area contributed by atoms with Gasteiger partial charge in [0, 0.05) is 10.6 Å². The largest absolute Gasteiger partial charge is 0.382 e. The molecule has 0 aromatic heterocycles. The average Bonchev–Trinajstić information content (AvgIpc) is 2.69. The van der Waals surface area contributed by atoms with E-state index in [4.69, 9.17) is 28.9 Å². The van der Waals surface area contributed by atoms with Crippen LogP contribution in [0.2, 0.25) is 10.0 Å². The number of nitrogens with one attached hydrogen (secondary N) is 1. The standard InChI is InChI=1S/C23H24Cl2N4/c1-23(2,3)17-11-9-16(10-12-17)22(26)28-29(27-19-7-5-4-6-8-19)21-15-18(24)13-14-20(21)25/h4-15,27H,1-3H3,(H2,26,28). The van der Waals surface area contributed by atoms with Gasteiger partial charge in [0.05, 0.1) is 10.7 Å². The molecule has 150 valence electrons.